The maximum Gasteiger partial charge on any atom is 0.331 e. The molecule has 1 fully saturated rings. The van der Waals surface area contributed by atoms with Crippen molar-refractivity contribution < 1.29 is 14.3 Å². The smallest absolute Gasteiger partial charge is 0.331 e. The summed E-state index contributed by atoms with van der Waals surface area (Å²) in [5, 5.41) is 0. The molecule has 1 aliphatic rings. The normalized spacial score (nSPS) is 17.9. The van der Waals surface area contributed by atoms with E-state index in [9.17, 15) is 9.59 Å². The summed E-state index contributed by atoms with van der Waals surface area (Å²) in [5.41, 5.74) is -0.506. The first-order valence-corrected chi connectivity index (χ1v) is 6.81. The lowest BCUT2D eigenvalue weighted by atomic mass is 9.86. The highest BCUT2D eigenvalue weighted by atomic mass is 16.6. The predicted octanol–water partition coefficient (Wildman–Crippen LogP) is 3.42. The molecule has 0 atom stereocenters. The van der Waals surface area contributed by atoms with Crippen LogP contribution in [-0.4, -0.2) is 17.4 Å². The van der Waals surface area contributed by atoms with E-state index >= 15 is 0 Å². The summed E-state index contributed by atoms with van der Waals surface area (Å²) in [6.07, 6.45) is 9.22. The van der Waals surface area contributed by atoms with E-state index in [-0.39, 0.29) is 5.78 Å². The van der Waals surface area contributed by atoms with Crippen LogP contribution in [0.25, 0.3) is 0 Å². The summed E-state index contributed by atoms with van der Waals surface area (Å²) in [4.78, 5) is 23.1. The molecular formula is C15H24O3. The third-order valence-corrected chi connectivity index (χ3v) is 3.03. The lowest BCUT2D eigenvalue weighted by molar-refractivity contribution is -0.148. The molecule has 0 unspecified atom stereocenters. The maximum atomic E-state index is 11.7. The van der Waals surface area contributed by atoms with E-state index in [1.54, 1.807) is 0 Å². The van der Waals surface area contributed by atoms with Crippen molar-refractivity contribution in [3.8, 4) is 0 Å². The number of allylic oxidation sites excluding steroid dienone is 1. The summed E-state index contributed by atoms with van der Waals surface area (Å²) in [6, 6.07) is 0. The Hall–Kier alpha value is -1.12. The fourth-order valence-corrected chi connectivity index (χ4v) is 2.24. The van der Waals surface area contributed by atoms with Gasteiger partial charge < -0.3 is 4.74 Å². The summed E-state index contributed by atoms with van der Waals surface area (Å²) >= 11 is 0. The molecule has 1 aliphatic carbocycles. The monoisotopic (exact) mass is 252 g/mol. The molecule has 0 heterocycles. The van der Waals surface area contributed by atoms with Gasteiger partial charge in [-0.15, -0.1) is 0 Å². The molecule has 18 heavy (non-hydrogen) atoms. The third kappa shape index (κ3) is 6.58. The van der Waals surface area contributed by atoms with Crippen LogP contribution >= 0.6 is 0 Å². The van der Waals surface area contributed by atoms with Crippen molar-refractivity contribution in [2.75, 3.05) is 0 Å². The van der Waals surface area contributed by atoms with Crippen LogP contribution in [0, 0.1) is 5.92 Å². The van der Waals surface area contributed by atoms with Crippen LogP contribution in [0.3, 0.4) is 0 Å². The molecule has 0 radical (unpaired) electrons. The summed E-state index contributed by atoms with van der Waals surface area (Å²) in [7, 11) is 0. The molecule has 0 bridgehead atoms. The quantitative estimate of drug-likeness (QED) is 0.568. The summed E-state index contributed by atoms with van der Waals surface area (Å²) in [5.74, 6) is 0.0989. The molecule has 0 amide bonds. The largest absolute Gasteiger partial charge is 0.457 e. The average Bonchev–Trinajstić information content (AvgIpc) is 2.25. The third-order valence-electron chi connectivity index (χ3n) is 3.03. The number of carbonyl (C=O) groups excluding carboxylic acids is 2. The van der Waals surface area contributed by atoms with E-state index in [2.05, 4.69) is 0 Å². The highest BCUT2D eigenvalue weighted by molar-refractivity contribution is 5.96. The highest BCUT2D eigenvalue weighted by Crippen LogP contribution is 2.26. The zero-order chi connectivity index (χ0) is 13.6. The van der Waals surface area contributed by atoms with Crippen molar-refractivity contribution in [1.29, 1.82) is 0 Å². The average molecular weight is 252 g/mol. The van der Waals surface area contributed by atoms with Gasteiger partial charge in [0.05, 0.1) is 0 Å². The van der Waals surface area contributed by atoms with Gasteiger partial charge in [-0.25, -0.2) is 4.79 Å². The summed E-state index contributed by atoms with van der Waals surface area (Å²) in [6.45, 7) is 5.42. The van der Waals surface area contributed by atoms with Gasteiger partial charge in [-0.1, -0.05) is 32.1 Å². The predicted molar refractivity (Wildman–Crippen MR) is 71.2 cm³/mol. The second kappa shape index (κ2) is 6.72. The minimum absolute atomic E-state index is 0.0350. The Balaban J connectivity index is 2.32. The van der Waals surface area contributed by atoms with Gasteiger partial charge in [0.15, 0.2) is 5.78 Å². The van der Waals surface area contributed by atoms with Gasteiger partial charge in [0.1, 0.15) is 5.60 Å². The first-order chi connectivity index (χ1) is 8.37. The van der Waals surface area contributed by atoms with Gasteiger partial charge >= 0.3 is 5.97 Å². The molecule has 0 spiro atoms. The second-order valence-electron chi connectivity index (χ2n) is 6.04. The van der Waals surface area contributed by atoms with Gasteiger partial charge in [0.2, 0.25) is 0 Å². The molecule has 102 valence electrons. The lowest BCUT2D eigenvalue weighted by Gasteiger charge is -2.20. The zero-order valence-corrected chi connectivity index (χ0v) is 11.7. The fourth-order valence-electron chi connectivity index (χ4n) is 2.24. The molecule has 0 N–H and O–H groups in total. The lowest BCUT2D eigenvalue weighted by Crippen LogP contribution is -2.22. The number of esters is 1. The first-order valence-electron chi connectivity index (χ1n) is 6.81. The van der Waals surface area contributed by atoms with Crippen LogP contribution in [-0.2, 0) is 14.3 Å². The van der Waals surface area contributed by atoms with E-state index < -0.39 is 11.6 Å². The van der Waals surface area contributed by atoms with E-state index in [0.717, 1.165) is 12.8 Å². The van der Waals surface area contributed by atoms with E-state index in [1.165, 1.54) is 31.4 Å². The first kappa shape index (κ1) is 14.9. The molecule has 0 saturated heterocycles. The molecule has 1 rings (SSSR count). The van der Waals surface area contributed by atoms with Crippen LogP contribution < -0.4 is 0 Å². The van der Waals surface area contributed by atoms with Crippen molar-refractivity contribution in [3.05, 3.63) is 12.2 Å². The summed E-state index contributed by atoms with van der Waals surface area (Å²) < 4.78 is 5.10. The molecule has 0 aromatic carbocycles. The second-order valence-corrected chi connectivity index (χ2v) is 6.04. The molecular weight excluding hydrogens is 228 g/mol. The Morgan fingerprint density at radius 2 is 1.72 bits per heavy atom. The van der Waals surface area contributed by atoms with Crippen molar-refractivity contribution in [2.45, 2.75) is 64.9 Å². The number of ether oxygens (including phenoxy) is 1. The Kier molecular flexibility index (Phi) is 5.57. The Bertz CT molecular complexity index is 317. The fraction of sp³-hybridized carbons (Fsp3) is 0.733. The number of ketones is 1. The molecule has 0 aromatic heterocycles. The van der Waals surface area contributed by atoms with Crippen molar-refractivity contribution in [2.24, 2.45) is 5.92 Å². The Morgan fingerprint density at radius 1 is 1.11 bits per heavy atom. The van der Waals surface area contributed by atoms with Crippen molar-refractivity contribution in [1.82, 2.24) is 0 Å². The minimum Gasteiger partial charge on any atom is -0.457 e. The molecule has 0 aliphatic heterocycles. The van der Waals surface area contributed by atoms with E-state index in [0.29, 0.717) is 12.3 Å². The maximum absolute atomic E-state index is 11.7. The van der Waals surface area contributed by atoms with Crippen LogP contribution in [0.2, 0.25) is 0 Å². The Labute approximate surface area is 110 Å². The zero-order valence-electron chi connectivity index (χ0n) is 11.7. The topological polar surface area (TPSA) is 43.4 Å². The molecule has 3 heteroatoms. The molecule has 1 saturated carbocycles. The molecule has 3 nitrogen and oxygen atoms in total. The van der Waals surface area contributed by atoms with Crippen LogP contribution in [0.15, 0.2) is 12.2 Å². The number of hydrogen-bond donors (Lipinski definition) is 0. The van der Waals surface area contributed by atoms with Gasteiger partial charge in [0, 0.05) is 12.5 Å². The van der Waals surface area contributed by atoms with Crippen LogP contribution in [0.4, 0.5) is 0 Å². The van der Waals surface area contributed by atoms with Gasteiger partial charge in [-0.05, 0) is 32.8 Å². The molecule has 0 aromatic rings. The van der Waals surface area contributed by atoms with Crippen LogP contribution in [0.5, 0.6) is 0 Å². The van der Waals surface area contributed by atoms with E-state index in [1.807, 2.05) is 20.8 Å². The van der Waals surface area contributed by atoms with Crippen LogP contribution in [0.1, 0.15) is 59.3 Å². The van der Waals surface area contributed by atoms with Crippen molar-refractivity contribution in [3.63, 3.8) is 0 Å². The van der Waals surface area contributed by atoms with Gasteiger partial charge in [-0.3, -0.25) is 4.79 Å². The number of hydrogen-bond acceptors (Lipinski definition) is 3. The Morgan fingerprint density at radius 3 is 2.28 bits per heavy atom. The number of carbonyl (C=O) groups is 2. The minimum atomic E-state index is -0.506. The number of rotatable bonds is 4. The van der Waals surface area contributed by atoms with E-state index in [4.69, 9.17) is 4.74 Å². The van der Waals surface area contributed by atoms with Crippen molar-refractivity contribution >= 4 is 11.8 Å². The van der Waals surface area contributed by atoms with Gasteiger partial charge in [0.25, 0.3) is 0 Å². The standard InChI is InChI=1S/C15H24O3/c1-15(2,3)18-14(17)10-9-13(16)11-12-7-5-4-6-8-12/h9-10,12H,4-8,11H2,1-3H3. The highest BCUT2D eigenvalue weighted by Gasteiger charge is 2.17. The SMILES string of the molecule is CC(C)(C)OC(=O)C=CC(=O)CC1CCCCC1. The van der Waals surface area contributed by atoms with Gasteiger partial charge in [-0.2, -0.15) is 0 Å².